The minimum Gasteiger partial charge on any atom is -0.355 e. The zero-order valence-corrected chi connectivity index (χ0v) is 31.2. The van der Waals surface area contributed by atoms with E-state index in [4.69, 9.17) is 0 Å². The van der Waals surface area contributed by atoms with Gasteiger partial charge in [0.15, 0.2) is 0 Å². The van der Waals surface area contributed by atoms with E-state index in [0.29, 0.717) is 0 Å². The zero-order valence-electron chi connectivity index (χ0n) is 31.2. The van der Waals surface area contributed by atoms with Crippen LogP contribution >= 0.6 is 0 Å². The summed E-state index contributed by atoms with van der Waals surface area (Å²) < 4.78 is 0. The van der Waals surface area contributed by atoms with Crippen LogP contribution in [0.15, 0.2) is 182 Å². The molecule has 0 aliphatic heterocycles. The largest absolute Gasteiger partial charge is 0.355 e. The maximum absolute atomic E-state index is 3.92. The van der Waals surface area contributed by atoms with E-state index in [-0.39, 0.29) is 5.41 Å². The van der Waals surface area contributed by atoms with Crippen molar-refractivity contribution >= 4 is 55.4 Å². The molecule has 8 aromatic rings. The Morgan fingerprint density at radius 1 is 0.455 bits per heavy atom. The van der Waals surface area contributed by atoms with Crippen molar-refractivity contribution in [1.29, 1.82) is 0 Å². The summed E-state index contributed by atoms with van der Waals surface area (Å²) in [5.41, 5.74) is 17.3. The summed E-state index contributed by atoms with van der Waals surface area (Å²) in [6.45, 7) is 4.72. The first-order valence-corrected chi connectivity index (χ1v) is 19.4. The van der Waals surface area contributed by atoms with Crippen LogP contribution in [0.4, 0.5) is 22.7 Å². The van der Waals surface area contributed by atoms with E-state index < -0.39 is 0 Å². The predicted octanol–water partition coefficient (Wildman–Crippen LogP) is 14.7. The summed E-state index contributed by atoms with van der Waals surface area (Å²) in [5.74, 6) is 0. The lowest BCUT2D eigenvalue weighted by Crippen LogP contribution is -2.14. The minimum absolute atomic E-state index is 0.0815. The standard InChI is InChI=1S/C53H42N2/c1-53(2)46-26-9-7-24-44(46)52-43(25-14-27-47(52)53)45-34-38(31-32-51(45)55-50-30-13-18-36-16-4-6-22-41(36)50)37-19-11-20-39(33-37)42-23-8-10-28-48(42)54-49-29-12-17-35-15-3-5-21-40(35)49/h3-10,12-18,20-34,54-55H,11,19H2,1-2H3. The van der Waals surface area contributed by atoms with Gasteiger partial charge in [-0.25, -0.2) is 0 Å². The van der Waals surface area contributed by atoms with Crippen LogP contribution in [0, 0.1) is 0 Å². The van der Waals surface area contributed by atoms with Crippen molar-refractivity contribution in [2.75, 3.05) is 10.6 Å². The van der Waals surface area contributed by atoms with Crippen LogP contribution in [0.2, 0.25) is 0 Å². The van der Waals surface area contributed by atoms with Crippen molar-refractivity contribution in [3.8, 4) is 22.3 Å². The highest BCUT2D eigenvalue weighted by atomic mass is 14.9. The van der Waals surface area contributed by atoms with E-state index in [2.05, 4.69) is 206 Å². The van der Waals surface area contributed by atoms with Gasteiger partial charge in [-0.15, -0.1) is 0 Å². The van der Waals surface area contributed by atoms with Crippen LogP contribution in [0.3, 0.4) is 0 Å². The van der Waals surface area contributed by atoms with Gasteiger partial charge in [-0.2, -0.15) is 0 Å². The van der Waals surface area contributed by atoms with E-state index in [1.807, 2.05) is 0 Å². The molecule has 8 aromatic carbocycles. The molecular formula is C53H42N2. The molecule has 0 atom stereocenters. The fourth-order valence-electron chi connectivity index (χ4n) is 8.98. The molecule has 2 aliphatic carbocycles. The molecule has 264 valence electrons. The van der Waals surface area contributed by atoms with Crippen molar-refractivity contribution in [2.45, 2.75) is 32.1 Å². The van der Waals surface area contributed by atoms with Crippen LogP contribution < -0.4 is 10.6 Å². The van der Waals surface area contributed by atoms with E-state index in [0.717, 1.165) is 35.6 Å². The highest BCUT2D eigenvalue weighted by Gasteiger charge is 2.36. The highest BCUT2D eigenvalue weighted by Crippen LogP contribution is 2.53. The lowest BCUT2D eigenvalue weighted by atomic mass is 9.81. The molecule has 0 heterocycles. The van der Waals surface area contributed by atoms with Crippen molar-refractivity contribution in [1.82, 2.24) is 0 Å². The van der Waals surface area contributed by atoms with Crippen molar-refractivity contribution in [2.24, 2.45) is 0 Å². The molecule has 55 heavy (non-hydrogen) atoms. The molecule has 10 rings (SSSR count). The maximum atomic E-state index is 3.92. The quantitative estimate of drug-likeness (QED) is 0.172. The molecule has 2 N–H and O–H groups in total. The normalized spacial score (nSPS) is 14.2. The van der Waals surface area contributed by atoms with Crippen LogP contribution in [0.5, 0.6) is 0 Å². The molecule has 0 radical (unpaired) electrons. The Balaban J connectivity index is 1.09. The first kappa shape index (κ1) is 33.0. The van der Waals surface area contributed by atoms with Gasteiger partial charge < -0.3 is 10.6 Å². The molecule has 0 saturated carbocycles. The summed E-state index contributed by atoms with van der Waals surface area (Å²) in [5, 5.41) is 12.6. The zero-order chi connectivity index (χ0) is 36.9. The first-order valence-electron chi connectivity index (χ1n) is 19.4. The lowest BCUT2D eigenvalue weighted by molar-refractivity contribution is 0.660. The van der Waals surface area contributed by atoms with Gasteiger partial charge in [0, 0.05) is 50.1 Å². The molecule has 0 unspecified atom stereocenters. The number of para-hydroxylation sites is 1. The van der Waals surface area contributed by atoms with Crippen LogP contribution in [-0.4, -0.2) is 0 Å². The average molecular weight is 707 g/mol. The van der Waals surface area contributed by atoms with Crippen LogP contribution in [-0.2, 0) is 5.41 Å². The second-order valence-corrected chi connectivity index (χ2v) is 15.4. The molecule has 2 aliphatic rings. The number of hydrogen-bond donors (Lipinski definition) is 2. The van der Waals surface area contributed by atoms with Gasteiger partial charge in [-0.3, -0.25) is 0 Å². The molecule has 0 bridgehead atoms. The third-order valence-corrected chi connectivity index (χ3v) is 11.8. The van der Waals surface area contributed by atoms with E-state index >= 15 is 0 Å². The molecule has 0 aromatic heterocycles. The Labute approximate surface area is 323 Å². The number of fused-ring (bicyclic) bond motifs is 5. The Morgan fingerprint density at radius 2 is 1.00 bits per heavy atom. The van der Waals surface area contributed by atoms with Gasteiger partial charge in [0.05, 0.1) is 0 Å². The summed E-state index contributed by atoms with van der Waals surface area (Å²) in [7, 11) is 0. The number of benzene rings is 8. The fourth-order valence-corrected chi connectivity index (χ4v) is 8.98. The number of nitrogens with one attached hydrogen (secondary N) is 2. The summed E-state index contributed by atoms with van der Waals surface area (Å²) in [4.78, 5) is 0. The molecular weight excluding hydrogens is 665 g/mol. The number of anilines is 4. The van der Waals surface area contributed by atoms with E-state index in [9.17, 15) is 0 Å². The third-order valence-electron chi connectivity index (χ3n) is 11.8. The summed E-state index contributed by atoms with van der Waals surface area (Å²) in [6.07, 6.45) is 6.78. The predicted molar refractivity (Wildman–Crippen MR) is 236 cm³/mol. The van der Waals surface area contributed by atoms with Gasteiger partial charge in [0.2, 0.25) is 0 Å². The first-order chi connectivity index (χ1) is 27.0. The lowest BCUT2D eigenvalue weighted by Gasteiger charge is -2.23. The number of hydrogen-bond acceptors (Lipinski definition) is 2. The van der Waals surface area contributed by atoms with Gasteiger partial charge in [-0.1, -0.05) is 166 Å². The molecule has 2 nitrogen and oxygen atoms in total. The summed E-state index contributed by atoms with van der Waals surface area (Å²) in [6, 6.07) is 61.8. The molecule has 0 fully saturated rings. The Bertz CT molecular complexity index is 2840. The topological polar surface area (TPSA) is 24.1 Å². The van der Waals surface area contributed by atoms with Crippen molar-refractivity contribution in [3.05, 3.63) is 204 Å². The Morgan fingerprint density at radius 3 is 1.75 bits per heavy atom. The van der Waals surface area contributed by atoms with Gasteiger partial charge in [0.1, 0.15) is 0 Å². The van der Waals surface area contributed by atoms with Crippen LogP contribution in [0.1, 0.15) is 48.9 Å². The number of allylic oxidation sites excluding steroid dienone is 4. The Hall–Kier alpha value is -6.64. The molecule has 2 heteroatoms. The van der Waals surface area contributed by atoms with Crippen molar-refractivity contribution in [3.63, 3.8) is 0 Å². The smallest absolute Gasteiger partial charge is 0.0464 e. The van der Waals surface area contributed by atoms with Crippen molar-refractivity contribution < 1.29 is 0 Å². The van der Waals surface area contributed by atoms with Gasteiger partial charge in [-0.05, 0) is 98.5 Å². The molecule has 0 spiro atoms. The second-order valence-electron chi connectivity index (χ2n) is 15.4. The monoisotopic (exact) mass is 706 g/mol. The van der Waals surface area contributed by atoms with E-state index in [1.165, 1.54) is 77.2 Å². The fraction of sp³-hybridized carbons (Fsp3) is 0.0943. The number of rotatable bonds is 7. The van der Waals surface area contributed by atoms with Gasteiger partial charge in [0.25, 0.3) is 0 Å². The van der Waals surface area contributed by atoms with Crippen LogP contribution in [0.25, 0.3) is 54.9 Å². The maximum Gasteiger partial charge on any atom is 0.0464 e. The minimum atomic E-state index is -0.0815. The molecule has 0 amide bonds. The highest BCUT2D eigenvalue weighted by molar-refractivity contribution is 6.02. The average Bonchev–Trinajstić information content (AvgIpc) is 3.47. The summed E-state index contributed by atoms with van der Waals surface area (Å²) >= 11 is 0. The van der Waals surface area contributed by atoms with Gasteiger partial charge >= 0.3 is 0 Å². The van der Waals surface area contributed by atoms with E-state index in [1.54, 1.807) is 0 Å². The second kappa shape index (κ2) is 13.3. The Kier molecular flexibility index (Phi) is 7.99. The third kappa shape index (κ3) is 5.73. The molecule has 0 saturated heterocycles. The SMILES string of the molecule is CC1(C)c2ccccc2-c2c(-c3cc(C4=CC(c5ccccc5Nc5cccc6ccccc56)=CCC4)ccc3Nc3cccc4ccccc34)cccc21.